The third-order valence-corrected chi connectivity index (χ3v) is 5.71. The number of hydrogen-bond donors (Lipinski definition) is 2. The Bertz CT molecular complexity index is 1160. The van der Waals surface area contributed by atoms with Crippen LogP contribution >= 0.6 is 0 Å². The van der Waals surface area contributed by atoms with Gasteiger partial charge < -0.3 is 15.2 Å². The Morgan fingerprint density at radius 2 is 1.69 bits per heavy atom. The van der Waals surface area contributed by atoms with E-state index in [0.29, 0.717) is 6.54 Å². The number of nitrogens with one attached hydrogen (secondary N) is 2. The smallest absolute Gasteiger partial charge is 0.322 e. The highest BCUT2D eigenvalue weighted by atomic mass is 16.2. The number of nitrogens with zero attached hydrogens (tertiary/aromatic N) is 1. The van der Waals surface area contributed by atoms with Crippen molar-refractivity contribution >= 4 is 22.6 Å². The first kappa shape index (κ1) is 17.6. The predicted octanol–water partition coefficient (Wildman–Crippen LogP) is 5.66. The number of benzene rings is 3. The summed E-state index contributed by atoms with van der Waals surface area (Å²) in [6, 6.07) is 26.3. The Labute approximate surface area is 170 Å². The van der Waals surface area contributed by atoms with Crippen molar-refractivity contribution in [2.75, 3.05) is 11.9 Å². The van der Waals surface area contributed by atoms with Crippen molar-refractivity contribution in [2.24, 2.45) is 0 Å². The van der Waals surface area contributed by atoms with Gasteiger partial charge in [0.25, 0.3) is 0 Å². The van der Waals surface area contributed by atoms with Crippen LogP contribution in [0.25, 0.3) is 10.9 Å². The number of para-hydroxylation sites is 2. The molecule has 2 amide bonds. The molecule has 1 aliphatic heterocycles. The maximum atomic E-state index is 13.2. The Hall–Kier alpha value is -3.53. The number of carbonyl (C=O) groups is 1. The minimum absolute atomic E-state index is 0.0777. The normalized spacial score (nSPS) is 15.9. The molecule has 0 radical (unpaired) electrons. The van der Waals surface area contributed by atoms with Gasteiger partial charge in [0.15, 0.2) is 0 Å². The van der Waals surface area contributed by atoms with Crippen molar-refractivity contribution in [1.29, 1.82) is 0 Å². The molecule has 2 heterocycles. The lowest BCUT2D eigenvalue weighted by atomic mass is 9.92. The van der Waals surface area contributed by atoms with Crippen molar-refractivity contribution in [3.05, 3.63) is 101 Å². The third kappa shape index (κ3) is 3.17. The van der Waals surface area contributed by atoms with Crippen molar-refractivity contribution in [2.45, 2.75) is 19.4 Å². The maximum Gasteiger partial charge on any atom is 0.322 e. The molecule has 0 fully saturated rings. The Kier molecular flexibility index (Phi) is 4.32. The summed E-state index contributed by atoms with van der Waals surface area (Å²) in [5.74, 6) is 0. The number of anilines is 1. The summed E-state index contributed by atoms with van der Waals surface area (Å²) in [7, 11) is 0. The van der Waals surface area contributed by atoms with E-state index < -0.39 is 0 Å². The highest BCUT2D eigenvalue weighted by molar-refractivity contribution is 5.91. The molecule has 1 aliphatic rings. The maximum absolute atomic E-state index is 13.2. The van der Waals surface area contributed by atoms with E-state index >= 15 is 0 Å². The van der Waals surface area contributed by atoms with Gasteiger partial charge in [-0.05, 0) is 42.7 Å². The number of aryl methyl sites for hydroxylation is 1. The highest BCUT2D eigenvalue weighted by Crippen LogP contribution is 2.38. The Morgan fingerprint density at radius 3 is 2.48 bits per heavy atom. The number of carbonyl (C=O) groups excluding carboxylic acids is 1. The molecular weight excluding hydrogens is 358 g/mol. The quantitative estimate of drug-likeness (QED) is 0.463. The van der Waals surface area contributed by atoms with Crippen LogP contribution in [0.5, 0.6) is 0 Å². The molecular formula is C25H23N3O. The first-order valence-electron chi connectivity index (χ1n) is 9.99. The number of fused-ring (bicyclic) bond motifs is 3. The number of hydrogen-bond acceptors (Lipinski definition) is 1. The second-order valence-corrected chi connectivity index (χ2v) is 7.62. The summed E-state index contributed by atoms with van der Waals surface area (Å²) in [5, 5.41) is 4.31. The van der Waals surface area contributed by atoms with Crippen LogP contribution < -0.4 is 5.32 Å². The van der Waals surface area contributed by atoms with Crippen LogP contribution in [-0.2, 0) is 6.42 Å². The SMILES string of the molecule is Cc1ccc([C@H]2c3[nH]c4ccccc4c3CCN2C(=O)Nc2ccccc2)cc1. The summed E-state index contributed by atoms with van der Waals surface area (Å²) in [4.78, 5) is 18.8. The molecule has 0 spiro atoms. The summed E-state index contributed by atoms with van der Waals surface area (Å²) in [5.41, 5.74) is 6.69. The zero-order chi connectivity index (χ0) is 19.8. The summed E-state index contributed by atoms with van der Waals surface area (Å²) in [6.07, 6.45) is 0.837. The second kappa shape index (κ2) is 7.13. The molecule has 0 aliphatic carbocycles. The van der Waals surface area contributed by atoms with Crippen LogP contribution in [0.3, 0.4) is 0 Å². The zero-order valence-electron chi connectivity index (χ0n) is 16.4. The first-order valence-corrected chi connectivity index (χ1v) is 9.99. The van der Waals surface area contributed by atoms with E-state index in [2.05, 4.69) is 59.7 Å². The molecule has 0 saturated heterocycles. The minimum atomic E-state index is -0.143. The fraction of sp³-hybridized carbons (Fsp3) is 0.160. The molecule has 5 rings (SSSR count). The van der Waals surface area contributed by atoms with Gasteiger partial charge in [0.2, 0.25) is 0 Å². The lowest BCUT2D eigenvalue weighted by Crippen LogP contribution is -2.43. The van der Waals surface area contributed by atoms with Crippen LogP contribution in [0.1, 0.15) is 28.4 Å². The van der Waals surface area contributed by atoms with Crippen molar-refractivity contribution < 1.29 is 4.79 Å². The molecule has 4 nitrogen and oxygen atoms in total. The molecule has 29 heavy (non-hydrogen) atoms. The number of amides is 2. The molecule has 0 bridgehead atoms. The van der Waals surface area contributed by atoms with Gasteiger partial charge in [-0.25, -0.2) is 4.79 Å². The average Bonchev–Trinajstić information content (AvgIpc) is 3.13. The van der Waals surface area contributed by atoms with Crippen LogP contribution in [0.4, 0.5) is 10.5 Å². The molecule has 2 N–H and O–H groups in total. The predicted molar refractivity (Wildman–Crippen MR) is 117 cm³/mol. The van der Waals surface area contributed by atoms with Crippen molar-refractivity contribution in [3.63, 3.8) is 0 Å². The van der Waals surface area contributed by atoms with E-state index in [1.807, 2.05) is 41.3 Å². The van der Waals surface area contributed by atoms with Gasteiger partial charge in [-0.1, -0.05) is 66.2 Å². The van der Waals surface area contributed by atoms with Crippen molar-refractivity contribution in [3.8, 4) is 0 Å². The molecule has 144 valence electrons. The van der Waals surface area contributed by atoms with Gasteiger partial charge in [0.1, 0.15) is 0 Å². The van der Waals surface area contributed by atoms with Gasteiger partial charge >= 0.3 is 6.03 Å². The van der Waals surface area contributed by atoms with Gasteiger partial charge in [-0.15, -0.1) is 0 Å². The van der Waals surface area contributed by atoms with Crippen LogP contribution in [0.2, 0.25) is 0 Å². The standard InChI is InChI=1S/C25H23N3O/c1-17-11-13-18(14-12-17)24-23-21(20-9-5-6-10-22(20)27-23)15-16-28(24)25(29)26-19-7-3-2-4-8-19/h2-14,24,27H,15-16H2,1H3,(H,26,29)/t24-/m0/s1. The summed E-state index contributed by atoms with van der Waals surface area (Å²) < 4.78 is 0. The number of urea groups is 1. The van der Waals surface area contributed by atoms with Crippen LogP contribution in [-0.4, -0.2) is 22.5 Å². The second-order valence-electron chi connectivity index (χ2n) is 7.62. The first-order chi connectivity index (χ1) is 14.2. The van der Waals surface area contributed by atoms with Gasteiger partial charge in [-0.2, -0.15) is 0 Å². The third-order valence-electron chi connectivity index (χ3n) is 5.71. The lowest BCUT2D eigenvalue weighted by Gasteiger charge is -2.36. The van der Waals surface area contributed by atoms with E-state index in [-0.39, 0.29) is 12.1 Å². The van der Waals surface area contributed by atoms with Gasteiger partial charge in [0.05, 0.1) is 6.04 Å². The molecule has 1 atom stereocenters. The van der Waals surface area contributed by atoms with E-state index in [1.54, 1.807) is 0 Å². The number of aromatic nitrogens is 1. The Morgan fingerprint density at radius 1 is 0.966 bits per heavy atom. The fourth-order valence-electron chi connectivity index (χ4n) is 4.27. The largest absolute Gasteiger partial charge is 0.356 e. The molecule has 3 aromatic carbocycles. The van der Waals surface area contributed by atoms with Crippen LogP contribution in [0, 0.1) is 6.92 Å². The van der Waals surface area contributed by atoms with E-state index in [1.165, 1.54) is 16.5 Å². The monoisotopic (exact) mass is 381 g/mol. The van der Waals surface area contributed by atoms with Crippen molar-refractivity contribution in [1.82, 2.24) is 9.88 Å². The van der Waals surface area contributed by atoms with E-state index in [0.717, 1.165) is 28.9 Å². The molecule has 4 aromatic rings. The number of H-pyrrole nitrogens is 1. The van der Waals surface area contributed by atoms with E-state index in [9.17, 15) is 4.79 Å². The minimum Gasteiger partial charge on any atom is -0.356 e. The topological polar surface area (TPSA) is 48.1 Å². The zero-order valence-corrected chi connectivity index (χ0v) is 16.4. The molecule has 1 aromatic heterocycles. The number of aromatic amines is 1. The van der Waals surface area contributed by atoms with Gasteiger partial charge in [0, 0.05) is 28.8 Å². The fourth-order valence-corrected chi connectivity index (χ4v) is 4.27. The molecule has 0 unspecified atom stereocenters. The van der Waals surface area contributed by atoms with E-state index in [4.69, 9.17) is 0 Å². The summed E-state index contributed by atoms with van der Waals surface area (Å²) in [6.45, 7) is 2.75. The summed E-state index contributed by atoms with van der Waals surface area (Å²) >= 11 is 0. The Balaban J connectivity index is 1.59. The highest BCUT2D eigenvalue weighted by Gasteiger charge is 2.34. The lowest BCUT2D eigenvalue weighted by molar-refractivity contribution is 0.193. The molecule has 4 heteroatoms. The molecule has 0 saturated carbocycles. The average molecular weight is 381 g/mol. The number of rotatable bonds is 2. The van der Waals surface area contributed by atoms with Gasteiger partial charge in [-0.3, -0.25) is 0 Å². The van der Waals surface area contributed by atoms with Crippen LogP contribution in [0.15, 0.2) is 78.9 Å².